The maximum Gasteiger partial charge on any atom is 0.0992 e. The van der Waals surface area contributed by atoms with Crippen molar-refractivity contribution in [3.63, 3.8) is 0 Å². The highest BCUT2D eigenvalue weighted by molar-refractivity contribution is 5.52. The third-order valence-corrected chi connectivity index (χ3v) is 2.57. The summed E-state index contributed by atoms with van der Waals surface area (Å²) in [4.78, 5) is 2.23. The summed E-state index contributed by atoms with van der Waals surface area (Å²) >= 11 is 0. The van der Waals surface area contributed by atoms with Gasteiger partial charge in [0.1, 0.15) is 0 Å². The number of nitrogens with two attached hydrogens (primary N) is 1. The second-order valence-electron chi connectivity index (χ2n) is 3.66. The second-order valence-corrected chi connectivity index (χ2v) is 3.66. The first-order valence-electron chi connectivity index (χ1n) is 4.80. The maximum absolute atomic E-state index is 8.76. The third-order valence-electron chi connectivity index (χ3n) is 2.57. The van der Waals surface area contributed by atoms with Gasteiger partial charge in [0, 0.05) is 24.8 Å². The minimum absolute atomic E-state index is 0.278. The number of anilines is 1. The summed E-state index contributed by atoms with van der Waals surface area (Å²) in [6, 6.07) is 10.1. The van der Waals surface area contributed by atoms with E-state index in [4.69, 9.17) is 11.0 Å². The van der Waals surface area contributed by atoms with Gasteiger partial charge < -0.3 is 10.6 Å². The van der Waals surface area contributed by atoms with Crippen molar-refractivity contribution >= 4 is 5.69 Å². The third kappa shape index (κ3) is 1.70. The highest BCUT2D eigenvalue weighted by atomic mass is 15.2. The highest BCUT2D eigenvalue weighted by Crippen LogP contribution is 2.20. The van der Waals surface area contributed by atoms with Crippen LogP contribution in [0.3, 0.4) is 0 Å². The fraction of sp³-hybridized carbons (Fsp3) is 0.364. The van der Waals surface area contributed by atoms with Gasteiger partial charge in [0.05, 0.1) is 11.6 Å². The van der Waals surface area contributed by atoms with Crippen LogP contribution in [0.5, 0.6) is 0 Å². The molecule has 1 aliphatic heterocycles. The molecular formula is C11H13N3. The zero-order chi connectivity index (χ0) is 9.97. The molecule has 2 N–H and O–H groups in total. The molecule has 1 saturated heterocycles. The number of nitriles is 1. The van der Waals surface area contributed by atoms with Gasteiger partial charge in [-0.1, -0.05) is 6.07 Å². The number of hydrogen-bond acceptors (Lipinski definition) is 3. The van der Waals surface area contributed by atoms with Gasteiger partial charge in [0.15, 0.2) is 0 Å². The van der Waals surface area contributed by atoms with Crippen molar-refractivity contribution in [1.82, 2.24) is 0 Å². The first kappa shape index (κ1) is 9.04. The molecule has 1 aromatic carbocycles. The molecule has 1 aliphatic rings. The predicted octanol–water partition coefficient (Wildman–Crippen LogP) is 1.10. The lowest BCUT2D eigenvalue weighted by molar-refractivity contribution is 0.752. The molecule has 72 valence electrons. The first-order valence-corrected chi connectivity index (χ1v) is 4.80. The average Bonchev–Trinajstić information content (AvgIpc) is 2.65. The van der Waals surface area contributed by atoms with Gasteiger partial charge in [-0.3, -0.25) is 0 Å². The molecule has 1 heterocycles. The van der Waals surface area contributed by atoms with E-state index >= 15 is 0 Å². The summed E-state index contributed by atoms with van der Waals surface area (Å²) in [6.45, 7) is 1.89. The summed E-state index contributed by atoms with van der Waals surface area (Å²) in [5.41, 5.74) is 7.65. The van der Waals surface area contributed by atoms with E-state index in [9.17, 15) is 0 Å². The van der Waals surface area contributed by atoms with Gasteiger partial charge in [-0.25, -0.2) is 0 Å². The van der Waals surface area contributed by atoms with Crippen LogP contribution in [0.1, 0.15) is 12.0 Å². The zero-order valence-corrected chi connectivity index (χ0v) is 7.98. The average molecular weight is 187 g/mol. The van der Waals surface area contributed by atoms with E-state index in [1.165, 1.54) is 0 Å². The highest BCUT2D eigenvalue weighted by Gasteiger charge is 2.19. The van der Waals surface area contributed by atoms with E-state index in [-0.39, 0.29) is 6.04 Å². The van der Waals surface area contributed by atoms with Gasteiger partial charge in [0.2, 0.25) is 0 Å². The van der Waals surface area contributed by atoms with Gasteiger partial charge in [-0.05, 0) is 24.6 Å². The monoisotopic (exact) mass is 187 g/mol. The normalized spacial score (nSPS) is 20.9. The molecule has 1 atom stereocenters. The molecular weight excluding hydrogens is 174 g/mol. The van der Waals surface area contributed by atoms with Crippen molar-refractivity contribution < 1.29 is 0 Å². The van der Waals surface area contributed by atoms with Gasteiger partial charge >= 0.3 is 0 Å². The van der Waals surface area contributed by atoms with Gasteiger partial charge in [0.25, 0.3) is 0 Å². The molecule has 2 rings (SSSR count). The lowest BCUT2D eigenvalue weighted by atomic mass is 10.2. The molecule has 1 fully saturated rings. The van der Waals surface area contributed by atoms with Crippen LogP contribution in [0.15, 0.2) is 24.3 Å². The number of rotatable bonds is 1. The second kappa shape index (κ2) is 3.69. The lowest BCUT2D eigenvalue weighted by Crippen LogP contribution is -2.26. The van der Waals surface area contributed by atoms with Crippen LogP contribution >= 0.6 is 0 Å². The predicted molar refractivity (Wildman–Crippen MR) is 56.0 cm³/mol. The zero-order valence-electron chi connectivity index (χ0n) is 7.98. The van der Waals surface area contributed by atoms with Crippen molar-refractivity contribution in [3.8, 4) is 6.07 Å². The summed E-state index contributed by atoms with van der Waals surface area (Å²) < 4.78 is 0. The van der Waals surface area contributed by atoms with E-state index < -0.39 is 0 Å². The minimum Gasteiger partial charge on any atom is -0.370 e. The molecule has 0 bridgehead atoms. The van der Waals surface area contributed by atoms with Crippen LogP contribution in [0.25, 0.3) is 0 Å². The van der Waals surface area contributed by atoms with Crippen LogP contribution in [-0.2, 0) is 0 Å². The Hall–Kier alpha value is -1.53. The molecule has 0 radical (unpaired) electrons. The van der Waals surface area contributed by atoms with Crippen LogP contribution in [0.2, 0.25) is 0 Å². The van der Waals surface area contributed by atoms with E-state index in [0.717, 1.165) is 25.2 Å². The number of benzene rings is 1. The summed E-state index contributed by atoms with van der Waals surface area (Å²) in [5, 5.41) is 8.76. The Bertz CT molecular complexity index is 367. The van der Waals surface area contributed by atoms with Crippen LogP contribution in [0.4, 0.5) is 5.69 Å². The molecule has 3 heteroatoms. The Morgan fingerprint density at radius 2 is 2.36 bits per heavy atom. The Morgan fingerprint density at radius 3 is 3.00 bits per heavy atom. The quantitative estimate of drug-likeness (QED) is 0.716. The Balaban J connectivity index is 2.20. The minimum atomic E-state index is 0.278. The molecule has 14 heavy (non-hydrogen) atoms. The maximum atomic E-state index is 8.76. The van der Waals surface area contributed by atoms with Crippen molar-refractivity contribution in [3.05, 3.63) is 29.8 Å². The van der Waals surface area contributed by atoms with E-state index in [0.29, 0.717) is 5.56 Å². The van der Waals surface area contributed by atoms with Crippen molar-refractivity contribution in [2.24, 2.45) is 5.73 Å². The fourth-order valence-corrected chi connectivity index (χ4v) is 1.79. The molecule has 0 aliphatic carbocycles. The largest absolute Gasteiger partial charge is 0.370 e. The van der Waals surface area contributed by atoms with Crippen LogP contribution in [0, 0.1) is 11.3 Å². The Morgan fingerprint density at radius 1 is 1.50 bits per heavy atom. The summed E-state index contributed by atoms with van der Waals surface area (Å²) in [6.07, 6.45) is 1.04. The topological polar surface area (TPSA) is 53.0 Å². The smallest absolute Gasteiger partial charge is 0.0992 e. The Labute approximate surface area is 83.7 Å². The molecule has 0 amide bonds. The van der Waals surface area contributed by atoms with Gasteiger partial charge in [-0.2, -0.15) is 5.26 Å². The SMILES string of the molecule is N#Cc1cccc(N2CC[C@@H](N)C2)c1. The van der Waals surface area contributed by atoms with Crippen LogP contribution in [-0.4, -0.2) is 19.1 Å². The Kier molecular flexibility index (Phi) is 2.38. The molecule has 0 saturated carbocycles. The van der Waals surface area contributed by atoms with Crippen LogP contribution < -0.4 is 10.6 Å². The fourth-order valence-electron chi connectivity index (χ4n) is 1.79. The molecule has 0 spiro atoms. The summed E-state index contributed by atoms with van der Waals surface area (Å²) in [7, 11) is 0. The standard InChI is InChI=1S/C11H13N3/c12-7-9-2-1-3-11(6-9)14-5-4-10(13)8-14/h1-3,6,10H,4-5,8,13H2/t10-/m1/s1. The molecule has 1 aromatic rings. The number of nitrogens with zero attached hydrogens (tertiary/aromatic N) is 2. The van der Waals surface area contributed by atoms with E-state index in [2.05, 4.69) is 11.0 Å². The van der Waals surface area contributed by atoms with E-state index in [1.807, 2.05) is 24.3 Å². The lowest BCUT2D eigenvalue weighted by Gasteiger charge is -2.17. The first-order chi connectivity index (χ1) is 6.79. The molecule has 0 aromatic heterocycles. The molecule has 3 nitrogen and oxygen atoms in total. The molecule has 0 unspecified atom stereocenters. The van der Waals surface area contributed by atoms with Gasteiger partial charge in [-0.15, -0.1) is 0 Å². The van der Waals surface area contributed by atoms with E-state index in [1.54, 1.807) is 0 Å². The van der Waals surface area contributed by atoms with Crippen molar-refractivity contribution in [1.29, 1.82) is 5.26 Å². The van der Waals surface area contributed by atoms with Crippen molar-refractivity contribution in [2.45, 2.75) is 12.5 Å². The summed E-state index contributed by atoms with van der Waals surface area (Å²) in [5.74, 6) is 0. The van der Waals surface area contributed by atoms with Crippen molar-refractivity contribution in [2.75, 3.05) is 18.0 Å². The number of hydrogen-bond donors (Lipinski definition) is 1.